The maximum atomic E-state index is 11.7. The summed E-state index contributed by atoms with van der Waals surface area (Å²) in [7, 11) is -3.28. The molecule has 1 heterocycles. The third-order valence-corrected chi connectivity index (χ3v) is 5.64. The molecule has 0 N–H and O–H groups in total. The van der Waals surface area contributed by atoms with Crippen LogP contribution >= 0.6 is 16.1 Å². The van der Waals surface area contributed by atoms with Crippen LogP contribution in [0.15, 0.2) is 29.2 Å². The largest absolute Gasteiger partial charge is 0.253 e. The average Bonchev–Trinajstić information content (AvgIpc) is 2.30. The Morgan fingerprint density at radius 1 is 1.38 bits per heavy atom. The van der Waals surface area contributed by atoms with Gasteiger partial charge in [0.2, 0.25) is 0 Å². The predicted molar refractivity (Wildman–Crippen MR) is 52.8 cm³/mol. The fourth-order valence-corrected chi connectivity index (χ4v) is 3.67. The molecule has 1 aromatic rings. The molecule has 0 aliphatic carbocycles. The van der Waals surface area contributed by atoms with Crippen molar-refractivity contribution in [2.75, 3.05) is 0 Å². The highest BCUT2D eigenvalue weighted by Crippen LogP contribution is 2.40. The fourth-order valence-electron chi connectivity index (χ4n) is 1.47. The van der Waals surface area contributed by atoms with E-state index in [1.165, 1.54) is 3.33 Å². The molecule has 1 unspecified atom stereocenters. The number of sulfonamides is 1. The summed E-state index contributed by atoms with van der Waals surface area (Å²) in [5, 5.41) is 0. The Kier molecular flexibility index (Phi) is 1.98. The summed E-state index contributed by atoms with van der Waals surface area (Å²) in [5.74, 6) is 0. The van der Waals surface area contributed by atoms with Crippen LogP contribution in [0.5, 0.6) is 0 Å². The van der Waals surface area contributed by atoms with E-state index in [-0.39, 0.29) is 6.04 Å². The van der Waals surface area contributed by atoms with Gasteiger partial charge in [0.1, 0.15) is 0 Å². The van der Waals surface area contributed by atoms with Crippen LogP contribution in [-0.4, -0.2) is 11.7 Å². The summed E-state index contributed by atoms with van der Waals surface area (Å²) < 4.78 is 24.6. The number of benzene rings is 1. The van der Waals surface area contributed by atoms with Crippen LogP contribution < -0.4 is 0 Å². The zero-order chi connectivity index (χ0) is 9.64. The minimum Gasteiger partial charge on any atom is -0.206 e. The molecule has 1 atom stereocenters. The predicted octanol–water partition coefficient (Wildman–Crippen LogP) is 2.06. The lowest BCUT2D eigenvalue weighted by Gasteiger charge is -2.09. The molecule has 0 bridgehead atoms. The highest BCUT2D eigenvalue weighted by atomic mass is 79.9. The first-order chi connectivity index (χ1) is 6.05. The van der Waals surface area contributed by atoms with Crippen molar-refractivity contribution in [3.8, 4) is 0 Å². The maximum absolute atomic E-state index is 11.7. The summed E-state index contributed by atoms with van der Waals surface area (Å²) in [6, 6.07) is 6.91. The number of rotatable bonds is 0. The molecule has 0 saturated heterocycles. The van der Waals surface area contributed by atoms with Gasteiger partial charge in [-0.2, -0.15) is 0 Å². The molecule has 1 aliphatic rings. The van der Waals surface area contributed by atoms with E-state index in [1.807, 2.05) is 19.1 Å². The lowest BCUT2D eigenvalue weighted by atomic mass is 10.1. The Labute approximate surface area is 85.8 Å². The van der Waals surface area contributed by atoms with E-state index < -0.39 is 10.0 Å². The van der Waals surface area contributed by atoms with Gasteiger partial charge in [0.15, 0.2) is 0 Å². The fraction of sp³-hybridized carbons (Fsp3) is 0.250. The van der Waals surface area contributed by atoms with E-state index >= 15 is 0 Å². The van der Waals surface area contributed by atoms with E-state index in [4.69, 9.17) is 0 Å². The van der Waals surface area contributed by atoms with E-state index in [1.54, 1.807) is 12.1 Å². The summed E-state index contributed by atoms with van der Waals surface area (Å²) in [4.78, 5) is 0.402. The van der Waals surface area contributed by atoms with Crippen LogP contribution in [0.2, 0.25) is 0 Å². The minimum absolute atomic E-state index is 0.124. The van der Waals surface area contributed by atoms with E-state index in [0.717, 1.165) is 5.56 Å². The third kappa shape index (κ3) is 1.14. The molecule has 0 radical (unpaired) electrons. The van der Waals surface area contributed by atoms with E-state index in [9.17, 15) is 8.42 Å². The van der Waals surface area contributed by atoms with Crippen molar-refractivity contribution in [1.82, 2.24) is 3.33 Å². The zero-order valence-electron chi connectivity index (χ0n) is 6.94. The normalized spacial score (nSPS) is 25.8. The van der Waals surface area contributed by atoms with Crippen molar-refractivity contribution in [1.29, 1.82) is 0 Å². The highest BCUT2D eigenvalue weighted by molar-refractivity contribution is 9.08. The summed E-state index contributed by atoms with van der Waals surface area (Å²) >= 11 is 3.05. The number of nitrogens with zero attached hydrogens (tertiary/aromatic N) is 1. The van der Waals surface area contributed by atoms with Crippen LogP contribution in [0, 0.1) is 0 Å². The van der Waals surface area contributed by atoms with Gasteiger partial charge in [-0.3, -0.25) is 0 Å². The average molecular weight is 262 g/mol. The SMILES string of the molecule is CC1c2ccccc2S(=O)(=O)N1Br. The first-order valence-electron chi connectivity index (χ1n) is 3.84. The molecule has 0 saturated carbocycles. The molecule has 0 spiro atoms. The first-order valence-corrected chi connectivity index (χ1v) is 5.99. The van der Waals surface area contributed by atoms with Gasteiger partial charge in [-0.1, -0.05) is 18.2 Å². The van der Waals surface area contributed by atoms with Gasteiger partial charge in [0.05, 0.1) is 10.9 Å². The van der Waals surface area contributed by atoms with Gasteiger partial charge in [-0.05, 0) is 18.6 Å². The van der Waals surface area contributed by atoms with Crippen LogP contribution in [-0.2, 0) is 10.0 Å². The lowest BCUT2D eigenvalue weighted by Crippen LogP contribution is -2.14. The molecule has 0 aromatic heterocycles. The number of hydrogen-bond acceptors (Lipinski definition) is 2. The Hall–Kier alpha value is -0.390. The molecule has 13 heavy (non-hydrogen) atoms. The zero-order valence-corrected chi connectivity index (χ0v) is 9.34. The standard InChI is InChI=1S/C8H8BrNO2S/c1-6-7-4-2-3-5-8(7)13(11,12)10(6)9/h2-6H,1H3. The Morgan fingerprint density at radius 3 is 2.62 bits per heavy atom. The van der Waals surface area contributed by atoms with Crippen molar-refractivity contribution >= 4 is 26.2 Å². The molecule has 70 valence electrons. The number of halogens is 1. The second-order valence-electron chi connectivity index (χ2n) is 2.96. The van der Waals surface area contributed by atoms with Crippen molar-refractivity contribution in [3.63, 3.8) is 0 Å². The molecule has 0 fully saturated rings. The Morgan fingerprint density at radius 2 is 2.00 bits per heavy atom. The Balaban J connectivity index is 2.76. The molecule has 1 aromatic carbocycles. The Bertz CT molecular complexity index is 443. The summed E-state index contributed by atoms with van der Waals surface area (Å²) in [6.45, 7) is 1.85. The molecule has 5 heteroatoms. The molecule has 2 rings (SSSR count). The van der Waals surface area contributed by atoms with Gasteiger partial charge in [0.25, 0.3) is 10.0 Å². The maximum Gasteiger partial charge on any atom is 0.253 e. The molecule has 3 nitrogen and oxygen atoms in total. The van der Waals surface area contributed by atoms with Crippen molar-refractivity contribution in [3.05, 3.63) is 29.8 Å². The smallest absolute Gasteiger partial charge is 0.206 e. The quantitative estimate of drug-likeness (QED) is 0.671. The summed E-state index contributed by atoms with van der Waals surface area (Å²) in [5.41, 5.74) is 0.847. The van der Waals surface area contributed by atoms with Gasteiger partial charge in [-0.15, -0.1) is 3.33 Å². The van der Waals surface area contributed by atoms with Gasteiger partial charge >= 0.3 is 0 Å². The second kappa shape index (κ2) is 2.80. The topological polar surface area (TPSA) is 37.4 Å². The van der Waals surface area contributed by atoms with Gasteiger partial charge < -0.3 is 0 Å². The van der Waals surface area contributed by atoms with Crippen molar-refractivity contribution < 1.29 is 8.42 Å². The molecular weight excluding hydrogens is 254 g/mol. The highest BCUT2D eigenvalue weighted by Gasteiger charge is 2.38. The third-order valence-electron chi connectivity index (χ3n) is 2.18. The van der Waals surface area contributed by atoms with E-state index in [2.05, 4.69) is 16.1 Å². The molecule has 0 amide bonds. The monoisotopic (exact) mass is 261 g/mol. The number of fused-ring (bicyclic) bond motifs is 1. The minimum atomic E-state index is -3.28. The number of hydrogen-bond donors (Lipinski definition) is 0. The van der Waals surface area contributed by atoms with Gasteiger partial charge in [0, 0.05) is 16.1 Å². The van der Waals surface area contributed by atoms with Crippen molar-refractivity contribution in [2.24, 2.45) is 0 Å². The van der Waals surface area contributed by atoms with Crippen LogP contribution in [0.4, 0.5) is 0 Å². The molecular formula is C8H8BrNO2S. The van der Waals surface area contributed by atoms with E-state index in [0.29, 0.717) is 4.90 Å². The summed E-state index contributed by atoms with van der Waals surface area (Å²) in [6.07, 6.45) is 0. The van der Waals surface area contributed by atoms with Crippen LogP contribution in [0.3, 0.4) is 0 Å². The van der Waals surface area contributed by atoms with Crippen LogP contribution in [0.25, 0.3) is 0 Å². The molecule has 1 aliphatic heterocycles. The van der Waals surface area contributed by atoms with Gasteiger partial charge in [-0.25, -0.2) is 8.42 Å². The van der Waals surface area contributed by atoms with Crippen LogP contribution in [0.1, 0.15) is 18.5 Å². The van der Waals surface area contributed by atoms with Crippen molar-refractivity contribution in [2.45, 2.75) is 17.9 Å². The lowest BCUT2D eigenvalue weighted by molar-refractivity contribution is 0.526. The first kappa shape index (κ1) is 9.18. The second-order valence-corrected chi connectivity index (χ2v) is 5.98.